The average Bonchev–Trinajstić information content (AvgIpc) is 3.28. The van der Waals surface area contributed by atoms with Gasteiger partial charge in [0.15, 0.2) is 0 Å². The second-order valence-electron chi connectivity index (χ2n) is 8.18. The first-order valence-corrected chi connectivity index (χ1v) is 11.0. The minimum absolute atomic E-state index is 0.0732. The van der Waals surface area contributed by atoms with Crippen LogP contribution >= 0.6 is 0 Å². The first kappa shape index (κ1) is 21.8. The van der Waals surface area contributed by atoms with Gasteiger partial charge in [0.1, 0.15) is 0 Å². The second-order valence-corrected chi connectivity index (χ2v) is 8.18. The third-order valence-electron chi connectivity index (χ3n) is 6.25. The highest BCUT2D eigenvalue weighted by atomic mass is 16.5. The van der Waals surface area contributed by atoms with Crippen molar-refractivity contribution in [3.8, 4) is 0 Å². The number of amides is 2. The van der Waals surface area contributed by atoms with Crippen LogP contribution in [0.4, 0.5) is 0 Å². The first-order valence-electron chi connectivity index (χ1n) is 11.0. The molecule has 1 aromatic rings. The molecule has 6 heteroatoms. The standard InChI is InChI=1S/C23H35N3O3/c1-29-18-13-24-23(28)22(20-9-5-6-10-20)26-16-14-25(15-17-26)21(27)12-11-19-7-3-2-4-8-19/h2-4,7-8,20,22H,5-6,9-18H2,1H3,(H,24,28)/t22-/m1/s1. The summed E-state index contributed by atoms with van der Waals surface area (Å²) >= 11 is 0. The van der Waals surface area contributed by atoms with Gasteiger partial charge in [0.2, 0.25) is 11.8 Å². The molecule has 1 aliphatic heterocycles. The van der Waals surface area contributed by atoms with Crippen molar-refractivity contribution < 1.29 is 14.3 Å². The minimum Gasteiger partial charge on any atom is -0.383 e. The predicted molar refractivity (Wildman–Crippen MR) is 114 cm³/mol. The molecule has 0 spiro atoms. The van der Waals surface area contributed by atoms with Gasteiger partial charge in [-0.1, -0.05) is 43.2 Å². The number of rotatable bonds is 9. The van der Waals surface area contributed by atoms with E-state index in [1.54, 1.807) is 7.11 Å². The van der Waals surface area contributed by atoms with Gasteiger partial charge in [0, 0.05) is 46.3 Å². The molecule has 2 amide bonds. The molecule has 1 saturated heterocycles. The number of nitrogens with one attached hydrogen (secondary N) is 1. The van der Waals surface area contributed by atoms with Crippen LogP contribution in [0.25, 0.3) is 0 Å². The molecule has 1 aliphatic carbocycles. The number of ether oxygens (including phenoxy) is 1. The van der Waals surface area contributed by atoms with Crippen molar-refractivity contribution in [1.29, 1.82) is 0 Å². The van der Waals surface area contributed by atoms with Crippen molar-refractivity contribution in [2.75, 3.05) is 46.4 Å². The Hall–Kier alpha value is -1.92. The molecule has 3 rings (SSSR count). The number of hydrogen-bond donors (Lipinski definition) is 1. The van der Waals surface area contributed by atoms with Crippen LogP contribution in [0, 0.1) is 5.92 Å². The maximum absolute atomic E-state index is 12.9. The van der Waals surface area contributed by atoms with Crippen molar-refractivity contribution in [2.45, 2.75) is 44.6 Å². The SMILES string of the molecule is COCCNC(=O)[C@@H](C1CCCC1)N1CCN(C(=O)CCc2ccccc2)CC1. The number of aryl methyl sites for hydroxylation is 1. The van der Waals surface area contributed by atoms with Crippen molar-refractivity contribution in [3.63, 3.8) is 0 Å². The Morgan fingerprint density at radius 1 is 1.10 bits per heavy atom. The number of hydrogen-bond acceptors (Lipinski definition) is 4. The summed E-state index contributed by atoms with van der Waals surface area (Å²) < 4.78 is 5.07. The molecule has 1 aromatic carbocycles. The zero-order valence-electron chi connectivity index (χ0n) is 17.6. The lowest BCUT2D eigenvalue weighted by molar-refractivity contribution is -0.135. The predicted octanol–water partition coefficient (Wildman–Crippen LogP) is 2.08. The molecular weight excluding hydrogens is 366 g/mol. The molecule has 1 saturated carbocycles. The Balaban J connectivity index is 1.50. The zero-order chi connectivity index (χ0) is 20.5. The molecule has 1 atom stereocenters. The highest BCUT2D eigenvalue weighted by molar-refractivity contribution is 5.82. The number of carbonyl (C=O) groups is 2. The lowest BCUT2D eigenvalue weighted by Gasteiger charge is -2.40. The van der Waals surface area contributed by atoms with Gasteiger partial charge in [-0.25, -0.2) is 0 Å². The number of methoxy groups -OCH3 is 1. The maximum Gasteiger partial charge on any atom is 0.237 e. The fourth-order valence-electron chi connectivity index (χ4n) is 4.64. The van der Waals surface area contributed by atoms with E-state index in [1.165, 1.54) is 18.4 Å². The normalized spacial score (nSPS) is 19.3. The Labute approximate surface area is 174 Å². The van der Waals surface area contributed by atoms with Gasteiger partial charge in [-0.05, 0) is 30.7 Å². The smallest absolute Gasteiger partial charge is 0.237 e. The van der Waals surface area contributed by atoms with Gasteiger partial charge in [0.05, 0.1) is 12.6 Å². The van der Waals surface area contributed by atoms with Gasteiger partial charge >= 0.3 is 0 Å². The summed E-state index contributed by atoms with van der Waals surface area (Å²) in [7, 11) is 1.65. The summed E-state index contributed by atoms with van der Waals surface area (Å²) in [6, 6.07) is 10.1. The van der Waals surface area contributed by atoms with Crippen LogP contribution in [-0.2, 0) is 20.7 Å². The maximum atomic E-state index is 12.9. The Bertz CT molecular complexity index is 638. The van der Waals surface area contributed by atoms with Crippen molar-refractivity contribution in [2.24, 2.45) is 5.92 Å². The van der Waals surface area contributed by atoms with Crippen molar-refractivity contribution in [1.82, 2.24) is 15.1 Å². The highest BCUT2D eigenvalue weighted by Crippen LogP contribution is 2.31. The Kier molecular flexibility index (Phi) is 8.50. The van der Waals surface area contributed by atoms with Crippen LogP contribution in [0.15, 0.2) is 30.3 Å². The lowest BCUT2D eigenvalue weighted by Crippen LogP contribution is -2.58. The van der Waals surface area contributed by atoms with Crippen LogP contribution in [0.2, 0.25) is 0 Å². The molecule has 1 N–H and O–H groups in total. The van der Waals surface area contributed by atoms with E-state index < -0.39 is 0 Å². The van der Waals surface area contributed by atoms with Crippen LogP contribution in [-0.4, -0.2) is 74.1 Å². The largest absolute Gasteiger partial charge is 0.383 e. The summed E-state index contributed by atoms with van der Waals surface area (Å²) in [6.45, 7) is 4.06. The molecule has 29 heavy (non-hydrogen) atoms. The molecule has 160 valence electrons. The molecule has 6 nitrogen and oxygen atoms in total. The Morgan fingerprint density at radius 3 is 2.45 bits per heavy atom. The molecular formula is C23H35N3O3. The van der Waals surface area contributed by atoms with Gasteiger partial charge in [-0.2, -0.15) is 0 Å². The van der Waals surface area contributed by atoms with Crippen molar-refractivity contribution >= 4 is 11.8 Å². The van der Waals surface area contributed by atoms with Gasteiger partial charge in [-0.3, -0.25) is 14.5 Å². The fourth-order valence-corrected chi connectivity index (χ4v) is 4.64. The van der Waals surface area contributed by atoms with Crippen LogP contribution in [0.3, 0.4) is 0 Å². The van der Waals surface area contributed by atoms with Crippen molar-refractivity contribution in [3.05, 3.63) is 35.9 Å². The van der Waals surface area contributed by atoms with Gasteiger partial charge in [0.25, 0.3) is 0 Å². The summed E-state index contributed by atoms with van der Waals surface area (Å²) in [5.74, 6) is 0.770. The van der Waals surface area contributed by atoms with E-state index in [-0.39, 0.29) is 17.9 Å². The molecule has 0 bridgehead atoms. The first-order chi connectivity index (χ1) is 14.2. The molecule has 2 fully saturated rings. The summed E-state index contributed by atoms with van der Waals surface area (Å²) in [4.78, 5) is 29.8. The number of nitrogens with zero attached hydrogens (tertiary/aromatic N) is 2. The zero-order valence-corrected chi connectivity index (χ0v) is 17.6. The van der Waals surface area contributed by atoms with Crippen LogP contribution < -0.4 is 5.32 Å². The fraction of sp³-hybridized carbons (Fsp3) is 0.652. The number of carbonyl (C=O) groups excluding carboxylic acids is 2. The van der Waals surface area contributed by atoms with E-state index in [0.717, 1.165) is 32.4 Å². The van der Waals surface area contributed by atoms with E-state index in [9.17, 15) is 9.59 Å². The monoisotopic (exact) mass is 401 g/mol. The van der Waals surface area contributed by atoms with E-state index in [4.69, 9.17) is 4.74 Å². The quantitative estimate of drug-likeness (QED) is 0.644. The second kappa shape index (κ2) is 11.3. The number of benzene rings is 1. The molecule has 0 unspecified atom stereocenters. The van der Waals surface area contributed by atoms with Gasteiger partial charge in [-0.15, -0.1) is 0 Å². The summed E-state index contributed by atoms with van der Waals surface area (Å²) in [5.41, 5.74) is 1.20. The van der Waals surface area contributed by atoms with E-state index in [2.05, 4.69) is 22.3 Å². The lowest BCUT2D eigenvalue weighted by atomic mass is 9.95. The summed E-state index contributed by atoms with van der Waals surface area (Å²) in [5, 5.41) is 3.04. The van der Waals surface area contributed by atoms with E-state index in [1.807, 2.05) is 23.1 Å². The van der Waals surface area contributed by atoms with E-state index in [0.29, 0.717) is 38.6 Å². The molecule has 2 aliphatic rings. The third kappa shape index (κ3) is 6.28. The Morgan fingerprint density at radius 2 is 1.79 bits per heavy atom. The minimum atomic E-state index is -0.0732. The molecule has 0 radical (unpaired) electrons. The summed E-state index contributed by atoms with van der Waals surface area (Å²) in [6.07, 6.45) is 6.01. The third-order valence-corrected chi connectivity index (χ3v) is 6.25. The number of piperazine rings is 1. The van der Waals surface area contributed by atoms with Crippen LogP contribution in [0.5, 0.6) is 0 Å². The molecule has 1 heterocycles. The van der Waals surface area contributed by atoms with Gasteiger partial charge < -0.3 is 15.0 Å². The molecule has 0 aromatic heterocycles. The highest BCUT2D eigenvalue weighted by Gasteiger charge is 2.37. The van der Waals surface area contributed by atoms with Crippen LogP contribution in [0.1, 0.15) is 37.7 Å². The van der Waals surface area contributed by atoms with E-state index >= 15 is 0 Å². The topological polar surface area (TPSA) is 61.9 Å². The average molecular weight is 402 g/mol.